The highest BCUT2D eigenvalue weighted by Crippen LogP contribution is 2.36. The second kappa shape index (κ2) is 4.64. The second-order valence-electron chi connectivity index (χ2n) is 5.91. The second-order valence-corrected chi connectivity index (χ2v) is 6.91. The minimum Gasteiger partial charge on any atom is -0.274 e. The summed E-state index contributed by atoms with van der Waals surface area (Å²) in [5, 5.41) is 2.17. The Balaban J connectivity index is 2.10. The van der Waals surface area contributed by atoms with Crippen molar-refractivity contribution in [3.63, 3.8) is 0 Å². The van der Waals surface area contributed by atoms with E-state index in [2.05, 4.69) is 9.98 Å². The molecule has 3 aromatic rings. The lowest BCUT2D eigenvalue weighted by atomic mass is 9.95. The molecule has 1 aromatic heterocycles. The van der Waals surface area contributed by atoms with Gasteiger partial charge in [-0.05, 0) is 19.9 Å². The first-order chi connectivity index (χ1) is 10.9. The van der Waals surface area contributed by atoms with Gasteiger partial charge in [-0.2, -0.15) is 0 Å². The average molecular weight is 332 g/mol. The van der Waals surface area contributed by atoms with Crippen molar-refractivity contribution in [3.8, 4) is 0 Å². The van der Waals surface area contributed by atoms with E-state index in [1.807, 2.05) is 38.1 Å². The summed E-state index contributed by atoms with van der Waals surface area (Å²) in [6, 6.07) is 8.11. The Morgan fingerprint density at radius 1 is 1.04 bits per heavy atom. The zero-order chi connectivity index (χ0) is 16.4. The van der Waals surface area contributed by atoms with Crippen molar-refractivity contribution in [2.75, 3.05) is 0 Å². The summed E-state index contributed by atoms with van der Waals surface area (Å²) in [5.74, 6) is -3.15. The van der Waals surface area contributed by atoms with Crippen LogP contribution in [0.4, 0.5) is 13.2 Å². The summed E-state index contributed by atoms with van der Waals surface area (Å²) in [6.07, 6.45) is 0. The van der Waals surface area contributed by atoms with Gasteiger partial charge in [-0.1, -0.05) is 18.2 Å². The Kier molecular flexibility index (Phi) is 2.90. The average Bonchev–Trinajstić information content (AvgIpc) is 3.02. The number of fused-ring (bicyclic) bond motifs is 2. The van der Waals surface area contributed by atoms with Crippen LogP contribution in [0.3, 0.4) is 0 Å². The van der Waals surface area contributed by atoms with E-state index >= 15 is 0 Å². The van der Waals surface area contributed by atoms with E-state index in [-0.39, 0.29) is 10.2 Å². The molecule has 0 spiro atoms. The highest BCUT2D eigenvalue weighted by atomic mass is 32.1. The lowest BCUT2D eigenvalue weighted by Gasteiger charge is -2.17. The Morgan fingerprint density at radius 3 is 2.57 bits per heavy atom. The monoisotopic (exact) mass is 332 g/mol. The van der Waals surface area contributed by atoms with Gasteiger partial charge in [0, 0.05) is 16.9 Å². The molecule has 0 aliphatic carbocycles. The van der Waals surface area contributed by atoms with Crippen molar-refractivity contribution < 1.29 is 13.2 Å². The number of nitrogens with zero attached hydrogens (tertiary/aromatic N) is 2. The van der Waals surface area contributed by atoms with Crippen molar-refractivity contribution in [1.29, 1.82) is 0 Å². The summed E-state index contributed by atoms with van der Waals surface area (Å²) in [5.41, 5.74) is -0.0352. The highest BCUT2D eigenvalue weighted by Gasteiger charge is 2.31. The molecule has 1 aliphatic rings. The number of hydrogen-bond donors (Lipinski definition) is 0. The number of rotatable bonds is 1. The van der Waals surface area contributed by atoms with E-state index in [0.29, 0.717) is 11.1 Å². The van der Waals surface area contributed by atoms with Crippen LogP contribution >= 0.6 is 11.3 Å². The number of thiazole rings is 1. The van der Waals surface area contributed by atoms with Crippen LogP contribution in [0.2, 0.25) is 0 Å². The van der Waals surface area contributed by atoms with Crippen molar-refractivity contribution in [2.45, 2.75) is 19.4 Å². The Bertz CT molecular complexity index is 1080. The van der Waals surface area contributed by atoms with E-state index in [9.17, 15) is 13.2 Å². The number of halogens is 3. The molecule has 2 nitrogen and oxygen atoms in total. The molecule has 0 saturated heterocycles. The third-order valence-electron chi connectivity index (χ3n) is 3.91. The maximum atomic E-state index is 13.9. The molecular formula is C17H11F3N2S. The summed E-state index contributed by atoms with van der Waals surface area (Å²) in [4.78, 5) is 8.82. The summed E-state index contributed by atoms with van der Waals surface area (Å²) >= 11 is 1.02. The fourth-order valence-corrected chi connectivity index (χ4v) is 4.12. The van der Waals surface area contributed by atoms with Gasteiger partial charge in [0.05, 0.1) is 15.6 Å². The molecule has 0 fully saturated rings. The first-order valence-corrected chi connectivity index (χ1v) is 7.84. The van der Waals surface area contributed by atoms with Crippen LogP contribution in [0.5, 0.6) is 0 Å². The normalized spacial score (nSPS) is 15.8. The molecule has 2 heterocycles. The SMILES string of the molecule is CC1(C)N=c2ccccc2=C1c1nc2c(F)c(F)cc(F)c2s1. The smallest absolute Gasteiger partial charge is 0.186 e. The van der Waals surface area contributed by atoms with Crippen LogP contribution in [-0.4, -0.2) is 10.5 Å². The van der Waals surface area contributed by atoms with Gasteiger partial charge in [-0.3, -0.25) is 4.99 Å². The van der Waals surface area contributed by atoms with E-state index in [1.165, 1.54) is 0 Å². The van der Waals surface area contributed by atoms with E-state index in [1.54, 1.807) is 0 Å². The summed E-state index contributed by atoms with van der Waals surface area (Å²) < 4.78 is 41.3. The largest absolute Gasteiger partial charge is 0.274 e. The van der Waals surface area contributed by atoms with E-state index < -0.39 is 23.0 Å². The zero-order valence-corrected chi connectivity index (χ0v) is 13.1. The summed E-state index contributed by atoms with van der Waals surface area (Å²) in [6.45, 7) is 3.84. The van der Waals surface area contributed by atoms with Crippen molar-refractivity contribution >= 4 is 27.1 Å². The van der Waals surface area contributed by atoms with Gasteiger partial charge in [0.1, 0.15) is 16.3 Å². The van der Waals surface area contributed by atoms with Gasteiger partial charge in [-0.25, -0.2) is 18.2 Å². The number of hydrogen-bond acceptors (Lipinski definition) is 3. The molecule has 0 bridgehead atoms. The van der Waals surface area contributed by atoms with Gasteiger partial charge >= 0.3 is 0 Å². The van der Waals surface area contributed by atoms with Crippen LogP contribution in [0.15, 0.2) is 35.3 Å². The molecule has 6 heteroatoms. The lowest BCUT2D eigenvalue weighted by Crippen LogP contribution is -2.24. The molecule has 1 aliphatic heterocycles. The Morgan fingerprint density at radius 2 is 1.78 bits per heavy atom. The minimum absolute atomic E-state index is 0.0200. The summed E-state index contributed by atoms with van der Waals surface area (Å²) in [7, 11) is 0. The molecule has 0 saturated carbocycles. The van der Waals surface area contributed by atoms with Gasteiger partial charge < -0.3 is 0 Å². The van der Waals surface area contributed by atoms with Crippen LogP contribution in [0.1, 0.15) is 18.9 Å². The van der Waals surface area contributed by atoms with E-state index in [4.69, 9.17) is 0 Å². The first kappa shape index (κ1) is 14.4. The molecule has 0 amide bonds. The lowest BCUT2D eigenvalue weighted by molar-refractivity contribution is 0.505. The number of benzene rings is 2. The van der Waals surface area contributed by atoms with Crippen LogP contribution in [0.25, 0.3) is 15.8 Å². The molecule has 116 valence electrons. The Labute approximate surface area is 133 Å². The van der Waals surface area contributed by atoms with Crippen molar-refractivity contribution in [3.05, 3.63) is 63.4 Å². The predicted octanol–water partition coefficient (Wildman–Crippen LogP) is 3.32. The molecule has 0 radical (unpaired) electrons. The molecule has 23 heavy (non-hydrogen) atoms. The number of para-hydroxylation sites is 1. The van der Waals surface area contributed by atoms with Crippen LogP contribution in [0, 0.1) is 17.5 Å². The third kappa shape index (κ3) is 2.01. The van der Waals surface area contributed by atoms with Crippen molar-refractivity contribution in [1.82, 2.24) is 4.98 Å². The zero-order valence-electron chi connectivity index (χ0n) is 12.3. The molecule has 0 atom stereocenters. The van der Waals surface area contributed by atoms with Gasteiger partial charge in [-0.15, -0.1) is 11.3 Å². The van der Waals surface area contributed by atoms with Gasteiger partial charge in [0.15, 0.2) is 11.6 Å². The van der Waals surface area contributed by atoms with Crippen molar-refractivity contribution in [2.24, 2.45) is 4.99 Å². The minimum atomic E-state index is -1.23. The number of aromatic nitrogens is 1. The Hall–Kier alpha value is -2.21. The maximum Gasteiger partial charge on any atom is 0.186 e. The highest BCUT2D eigenvalue weighted by molar-refractivity contribution is 7.19. The van der Waals surface area contributed by atoms with Gasteiger partial charge in [0.2, 0.25) is 0 Å². The topological polar surface area (TPSA) is 25.2 Å². The standard InChI is InChI=1S/C17H11F3N2S/c1-17(2)12(8-5-3-4-6-11(8)22-17)16-21-14-13(20)9(18)7-10(19)15(14)23-16/h3-7H,1-2H3. The van der Waals surface area contributed by atoms with Crippen LogP contribution < -0.4 is 10.6 Å². The molecule has 2 aromatic carbocycles. The third-order valence-corrected chi connectivity index (χ3v) is 5.00. The molecule has 0 unspecified atom stereocenters. The fraction of sp³-hybridized carbons (Fsp3) is 0.176. The molecule has 0 N–H and O–H groups in total. The molecule has 4 rings (SSSR count). The fourth-order valence-electron chi connectivity index (χ4n) is 2.94. The first-order valence-electron chi connectivity index (χ1n) is 7.02. The predicted molar refractivity (Wildman–Crippen MR) is 83.3 cm³/mol. The quantitative estimate of drug-likeness (QED) is 0.628. The maximum absolute atomic E-state index is 13.9. The van der Waals surface area contributed by atoms with Gasteiger partial charge in [0.25, 0.3) is 0 Å². The van der Waals surface area contributed by atoms with Crippen LogP contribution in [-0.2, 0) is 0 Å². The molecular weight excluding hydrogens is 321 g/mol. The van der Waals surface area contributed by atoms with E-state index in [0.717, 1.165) is 27.5 Å².